The van der Waals surface area contributed by atoms with E-state index in [2.05, 4.69) is 48.5 Å². The molecule has 0 radical (unpaired) electrons. The van der Waals surface area contributed by atoms with Crippen LogP contribution in [0.2, 0.25) is 0 Å². The first-order chi connectivity index (χ1) is 10.8. The number of rotatable bonds is 8. The fourth-order valence-corrected chi connectivity index (χ4v) is 2.86. The lowest BCUT2D eigenvalue weighted by molar-refractivity contribution is -0.100. The van der Waals surface area contributed by atoms with Crippen molar-refractivity contribution in [2.75, 3.05) is 20.8 Å². The number of nitrogens with two attached hydrogens (primary N) is 1. The third-order valence-electron chi connectivity index (χ3n) is 4.00. The highest BCUT2D eigenvalue weighted by Crippen LogP contribution is 2.30. The van der Waals surface area contributed by atoms with E-state index in [-0.39, 0.29) is 6.29 Å². The van der Waals surface area contributed by atoms with Gasteiger partial charge in [0.1, 0.15) is 0 Å². The van der Waals surface area contributed by atoms with Gasteiger partial charge >= 0.3 is 0 Å². The standard InChI is InChI=1S/C19H25NO2/c1-21-19(22-2)14-16-10-6-7-11-17(16)18(12-13-20)15-8-4-3-5-9-15/h3-11,18-19H,12-14,20H2,1-2H3. The van der Waals surface area contributed by atoms with Crippen LogP contribution in [0.4, 0.5) is 0 Å². The first-order valence-corrected chi connectivity index (χ1v) is 7.68. The molecule has 0 amide bonds. The molecule has 3 heteroatoms. The molecular weight excluding hydrogens is 274 g/mol. The molecule has 1 atom stereocenters. The first-order valence-electron chi connectivity index (χ1n) is 7.68. The van der Waals surface area contributed by atoms with Crippen molar-refractivity contribution in [1.82, 2.24) is 0 Å². The Bertz CT molecular complexity index is 552. The quantitative estimate of drug-likeness (QED) is 0.760. The number of hydrogen-bond donors (Lipinski definition) is 1. The second-order valence-electron chi connectivity index (χ2n) is 5.34. The maximum atomic E-state index is 5.86. The Hall–Kier alpha value is -1.68. The van der Waals surface area contributed by atoms with E-state index in [1.54, 1.807) is 14.2 Å². The van der Waals surface area contributed by atoms with Crippen LogP contribution in [0.1, 0.15) is 29.0 Å². The molecular formula is C19H25NO2. The van der Waals surface area contributed by atoms with Gasteiger partial charge in [0.15, 0.2) is 6.29 Å². The summed E-state index contributed by atoms with van der Waals surface area (Å²) in [7, 11) is 3.34. The van der Waals surface area contributed by atoms with Crippen molar-refractivity contribution in [3.8, 4) is 0 Å². The third-order valence-corrected chi connectivity index (χ3v) is 4.00. The van der Waals surface area contributed by atoms with Crippen molar-refractivity contribution in [2.45, 2.75) is 25.0 Å². The zero-order chi connectivity index (χ0) is 15.8. The molecule has 2 rings (SSSR count). The van der Waals surface area contributed by atoms with Crippen LogP contribution < -0.4 is 5.73 Å². The molecule has 2 aromatic carbocycles. The van der Waals surface area contributed by atoms with E-state index in [0.29, 0.717) is 12.5 Å². The van der Waals surface area contributed by atoms with Gasteiger partial charge in [-0.3, -0.25) is 0 Å². The maximum absolute atomic E-state index is 5.86. The van der Waals surface area contributed by atoms with E-state index in [1.165, 1.54) is 16.7 Å². The highest BCUT2D eigenvalue weighted by atomic mass is 16.7. The van der Waals surface area contributed by atoms with Gasteiger partial charge in [-0.05, 0) is 29.7 Å². The number of benzene rings is 2. The lowest BCUT2D eigenvalue weighted by atomic mass is 9.85. The zero-order valence-corrected chi connectivity index (χ0v) is 13.4. The SMILES string of the molecule is COC(Cc1ccccc1C(CCN)c1ccccc1)OC. The Morgan fingerprint density at radius 1 is 0.909 bits per heavy atom. The molecule has 0 spiro atoms. The van der Waals surface area contributed by atoms with Gasteiger partial charge < -0.3 is 15.2 Å². The summed E-state index contributed by atoms with van der Waals surface area (Å²) in [5, 5.41) is 0. The van der Waals surface area contributed by atoms with Crippen LogP contribution in [0.25, 0.3) is 0 Å². The van der Waals surface area contributed by atoms with Crippen molar-refractivity contribution in [3.63, 3.8) is 0 Å². The topological polar surface area (TPSA) is 44.5 Å². The lowest BCUT2D eigenvalue weighted by Crippen LogP contribution is -2.18. The van der Waals surface area contributed by atoms with Crippen molar-refractivity contribution in [2.24, 2.45) is 5.73 Å². The summed E-state index contributed by atoms with van der Waals surface area (Å²) in [6.07, 6.45) is 1.43. The fraction of sp³-hybridized carbons (Fsp3) is 0.368. The van der Waals surface area contributed by atoms with Crippen LogP contribution in [0, 0.1) is 0 Å². The van der Waals surface area contributed by atoms with Crippen molar-refractivity contribution in [3.05, 3.63) is 71.3 Å². The molecule has 0 heterocycles. The predicted octanol–water partition coefficient (Wildman–Crippen LogP) is 3.33. The molecule has 0 bridgehead atoms. The number of hydrogen-bond acceptors (Lipinski definition) is 3. The summed E-state index contributed by atoms with van der Waals surface area (Å²) < 4.78 is 10.7. The number of methoxy groups -OCH3 is 2. The molecule has 3 nitrogen and oxygen atoms in total. The normalized spacial score (nSPS) is 12.5. The van der Waals surface area contributed by atoms with E-state index < -0.39 is 0 Å². The minimum atomic E-state index is -0.226. The summed E-state index contributed by atoms with van der Waals surface area (Å²) in [6.45, 7) is 0.659. The van der Waals surface area contributed by atoms with E-state index in [4.69, 9.17) is 15.2 Å². The average molecular weight is 299 g/mol. The molecule has 0 saturated heterocycles. The highest BCUT2D eigenvalue weighted by Gasteiger charge is 2.18. The fourth-order valence-electron chi connectivity index (χ4n) is 2.86. The second kappa shape index (κ2) is 8.69. The van der Waals surface area contributed by atoms with Gasteiger partial charge in [-0.15, -0.1) is 0 Å². The highest BCUT2D eigenvalue weighted by molar-refractivity contribution is 5.38. The summed E-state index contributed by atoms with van der Waals surface area (Å²) in [5.41, 5.74) is 9.71. The molecule has 0 fully saturated rings. The maximum Gasteiger partial charge on any atom is 0.160 e. The van der Waals surface area contributed by atoms with Crippen LogP contribution >= 0.6 is 0 Å². The largest absolute Gasteiger partial charge is 0.356 e. The van der Waals surface area contributed by atoms with E-state index in [1.807, 2.05) is 6.07 Å². The minimum Gasteiger partial charge on any atom is -0.356 e. The van der Waals surface area contributed by atoms with Gasteiger partial charge in [0.2, 0.25) is 0 Å². The Balaban J connectivity index is 2.35. The predicted molar refractivity (Wildman–Crippen MR) is 89.9 cm³/mol. The molecule has 118 valence electrons. The lowest BCUT2D eigenvalue weighted by Gasteiger charge is -2.22. The van der Waals surface area contributed by atoms with Gasteiger partial charge in [-0.25, -0.2) is 0 Å². The zero-order valence-electron chi connectivity index (χ0n) is 13.4. The molecule has 2 aromatic rings. The summed E-state index contributed by atoms with van der Waals surface area (Å²) in [6, 6.07) is 19.0. The molecule has 1 unspecified atom stereocenters. The Morgan fingerprint density at radius 2 is 1.55 bits per heavy atom. The Kier molecular flexibility index (Phi) is 6.59. The second-order valence-corrected chi connectivity index (χ2v) is 5.34. The van der Waals surface area contributed by atoms with E-state index in [0.717, 1.165) is 12.8 Å². The van der Waals surface area contributed by atoms with Gasteiger partial charge in [-0.1, -0.05) is 54.6 Å². The smallest absolute Gasteiger partial charge is 0.160 e. The summed E-state index contributed by atoms with van der Waals surface area (Å²) in [4.78, 5) is 0. The first kappa shape index (κ1) is 16.7. The van der Waals surface area contributed by atoms with Crippen LogP contribution in [0.3, 0.4) is 0 Å². The molecule has 0 aliphatic heterocycles. The molecule has 22 heavy (non-hydrogen) atoms. The summed E-state index contributed by atoms with van der Waals surface area (Å²) in [5.74, 6) is 0.303. The Labute approximate surface area is 133 Å². The number of ether oxygens (including phenoxy) is 2. The molecule has 0 aromatic heterocycles. The van der Waals surface area contributed by atoms with Crippen LogP contribution in [0.15, 0.2) is 54.6 Å². The third kappa shape index (κ3) is 4.17. The van der Waals surface area contributed by atoms with Crippen LogP contribution in [0.5, 0.6) is 0 Å². The average Bonchev–Trinajstić information content (AvgIpc) is 2.59. The van der Waals surface area contributed by atoms with Gasteiger partial charge in [-0.2, -0.15) is 0 Å². The molecule has 2 N–H and O–H groups in total. The van der Waals surface area contributed by atoms with Crippen molar-refractivity contribution < 1.29 is 9.47 Å². The van der Waals surface area contributed by atoms with E-state index >= 15 is 0 Å². The van der Waals surface area contributed by atoms with E-state index in [9.17, 15) is 0 Å². The molecule has 0 saturated carbocycles. The monoisotopic (exact) mass is 299 g/mol. The summed E-state index contributed by atoms with van der Waals surface area (Å²) >= 11 is 0. The van der Waals surface area contributed by atoms with Crippen molar-refractivity contribution in [1.29, 1.82) is 0 Å². The van der Waals surface area contributed by atoms with Gasteiger partial charge in [0.05, 0.1) is 0 Å². The van der Waals surface area contributed by atoms with Crippen LogP contribution in [-0.2, 0) is 15.9 Å². The molecule has 0 aliphatic carbocycles. The van der Waals surface area contributed by atoms with Crippen molar-refractivity contribution >= 4 is 0 Å². The van der Waals surface area contributed by atoms with Gasteiger partial charge in [0.25, 0.3) is 0 Å². The minimum absolute atomic E-state index is 0.226. The van der Waals surface area contributed by atoms with Crippen LogP contribution in [-0.4, -0.2) is 27.1 Å². The molecule has 0 aliphatic rings. The Morgan fingerprint density at radius 3 is 2.18 bits per heavy atom. The van der Waals surface area contributed by atoms with Gasteiger partial charge in [0, 0.05) is 26.6 Å².